The lowest BCUT2D eigenvalue weighted by atomic mass is 10.1. The first-order chi connectivity index (χ1) is 13.3. The van der Waals surface area contributed by atoms with Crippen LogP contribution in [0.3, 0.4) is 0 Å². The van der Waals surface area contributed by atoms with Gasteiger partial charge in [0.15, 0.2) is 0 Å². The molecule has 0 radical (unpaired) electrons. The van der Waals surface area contributed by atoms with Crippen molar-refractivity contribution >= 4 is 17.5 Å². The predicted octanol–water partition coefficient (Wildman–Crippen LogP) is 2.66. The van der Waals surface area contributed by atoms with Crippen LogP contribution in [0.15, 0.2) is 6.20 Å². The summed E-state index contributed by atoms with van der Waals surface area (Å²) in [6.45, 7) is 15.6. The minimum atomic E-state index is -0.120. The summed E-state index contributed by atoms with van der Waals surface area (Å²) >= 11 is 6.22. The predicted molar refractivity (Wildman–Crippen MR) is 110 cm³/mol. The van der Waals surface area contributed by atoms with Gasteiger partial charge in [-0.25, -0.2) is 0 Å². The van der Waals surface area contributed by atoms with Gasteiger partial charge in [-0.15, -0.1) is 0 Å². The third kappa shape index (κ3) is 4.41. The molecule has 1 saturated heterocycles. The first kappa shape index (κ1) is 20.9. The smallest absolute Gasteiger partial charge is 0.227 e. The van der Waals surface area contributed by atoms with Crippen molar-refractivity contribution in [3.63, 3.8) is 0 Å². The molecule has 0 N–H and O–H groups in total. The maximum atomic E-state index is 12.9. The number of carbonyl (C=O) groups is 1. The average Bonchev–Trinajstić information content (AvgIpc) is 3.16. The van der Waals surface area contributed by atoms with Crippen molar-refractivity contribution < 1.29 is 4.79 Å². The average molecular weight is 407 g/mol. The molecule has 1 aliphatic rings. The van der Waals surface area contributed by atoms with Gasteiger partial charge in [-0.3, -0.25) is 19.1 Å². The van der Waals surface area contributed by atoms with Gasteiger partial charge in [-0.1, -0.05) is 18.5 Å². The van der Waals surface area contributed by atoms with Crippen LogP contribution in [0.1, 0.15) is 36.5 Å². The molecule has 154 valence electrons. The van der Waals surface area contributed by atoms with Gasteiger partial charge in [0.05, 0.1) is 34.6 Å². The van der Waals surface area contributed by atoms with E-state index < -0.39 is 0 Å². The highest BCUT2D eigenvalue weighted by molar-refractivity contribution is 6.31. The van der Waals surface area contributed by atoms with E-state index in [1.807, 2.05) is 35.0 Å². The van der Waals surface area contributed by atoms with Crippen LogP contribution in [0, 0.1) is 26.7 Å². The molecule has 0 unspecified atom stereocenters. The second kappa shape index (κ2) is 8.66. The topological polar surface area (TPSA) is 59.2 Å². The van der Waals surface area contributed by atoms with Gasteiger partial charge >= 0.3 is 0 Å². The van der Waals surface area contributed by atoms with Crippen LogP contribution in [-0.2, 0) is 24.4 Å². The highest BCUT2D eigenvalue weighted by Crippen LogP contribution is 2.20. The van der Waals surface area contributed by atoms with Crippen molar-refractivity contribution in [3.8, 4) is 0 Å². The number of amides is 1. The number of hydrogen-bond acceptors (Lipinski definition) is 4. The Kier molecular flexibility index (Phi) is 6.45. The molecule has 7 nitrogen and oxygen atoms in total. The standard InChI is InChI=1S/C20H31ClN6O/c1-6-26-13-18(15(3)22-26)12-24-7-9-25(10-8-24)20(28)14(2)11-27-17(5)19(21)16(4)23-27/h13-14H,6-12H2,1-5H3/t14-/m1/s1. The van der Waals surface area contributed by atoms with Crippen molar-refractivity contribution in [2.75, 3.05) is 26.2 Å². The van der Waals surface area contributed by atoms with Crippen molar-refractivity contribution in [1.82, 2.24) is 29.4 Å². The minimum absolute atomic E-state index is 0.120. The minimum Gasteiger partial charge on any atom is -0.340 e. The Morgan fingerprint density at radius 3 is 2.36 bits per heavy atom. The van der Waals surface area contributed by atoms with E-state index in [9.17, 15) is 4.79 Å². The molecule has 3 rings (SSSR count). The Morgan fingerprint density at radius 1 is 1.14 bits per heavy atom. The number of carbonyl (C=O) groups excluding carboxylic acids is 1. The van der Waals surface area contributed by atoms with Gasteiger partial charge in [0.25, 0.3) is 0 Å². The van der Waals surface area contributed by atoms with Crippen LogP contribution < -0.4 is 0 Å². The van der Waals surface area contributed by atoms with Crippen molar-refractivity contribution in [2.45, 2.75) is 54.3 Å². The van der Waals surface area contributed by atoms with Crippen LogP contribution in [0.25, 0.3) is 0 Å². The van der Waals surface area contributed by atoms with Crippen LogP contribution in [-0.4, -0.2) is 61.4 Å². The summed E-state index contributed by atoms with van der Waals surface area (Å²) in [4.78, 5) is 17.3. The Hall–Kier alpha value is -1.86. The van der Waals surface area contributed by atoms with E-state index in [-0.39, 0.29) is 11.8 Å². The molecule has 1 amide bonds. The zero-order valence-corrected chi connectivity index (χ0v) is 18.3. The van der Waals surface area contributed by atoms with Crippen LogP contribution in [0.2, 0.25) is 5.02 Å². The molecule has 8 heteroatoms. The molecule has 0 aromatic carbocycles. The zero-order chi connectivity index (χ0) is 20.4. The molecule has 1 fully saturated rings. The number of halogens is 1. The van der Waals surface area contributed by atoms with Crippen molar-refractivity contribution in [2.24, 2.45) is 5.92 Å². The fourth-order valence-corrected chi connectivity index (χ4v) is 3.88. The molecular weight excluding hydrogens is 376 g/mol. The maximum absolute atomic E-state index is 12.9. The van der Waals surface area contributed by atoms with Crippen molar-refractivity contribution in [3.05, 3.63) is 33.9 Å². The number of rotatable bonds is 6. The fraction of sp³-hybridized carbons (Fsp3) is 0.650. The molecule has 1 aliphatic heterocycles. The zero-order valence-electron chi connectivity index (χ0n) is 17.6. The first-order valence-corrected chi connectivity index (χ1v) is 10.4. The molecule has 0 aliphatic carbocycles. The van der Waals surface area contributed by atoms with Crippen LogP contribution in [0.4, 0.5) is 0 Å². The van der Waals surface area contributed by atoms with E-state index in [0.29, 0.717) is 11.6 Å². The summed E-state index contributed by atoms with van der Waals surface area (Å²) in [5, 5.41) is 9.66. The summed E-state index contributed by atoms with van der Waals surface area (Å²) in [6, 6.07) is 0. The first-order valence-electron chi connectivity index (χ1n) is 10.0. The number of aromatic nitrogens is 4. The largest absolute Gasteiger partial charge is 0.340 e. The lowest BCUT2D eigenvalue weighted by molar-refractivity contribution is -0.137. The summed E-state index contributed by atoms with van der Waals surface area (Å²) < 4.78 is 3.84. The molecule has 1 atom stereocenters. The summed E-state index contributed by atoms with van der Waals surface area (Å²) in [7, 11) is 0. The van der Waals surface area contributed by atoms with E-state index in [1.54, 1.807) is 0 Å². The molecule has 2 aromatic heterocycles. The second-order valence-electron chi connectivity index (χ2n) is 7.76. The molecule has 2 aromatic rings. The summed E-state index contributed by atoms with van der Waals surface area (Å²) in [6.07, 6.45) is 2.13. The second-order valence-corrected chi connectivity index (χ2v) is 8.14. The molecular formula is C20H31ClN6O. The molecule has 0 bridgehead atoms. The van der Waals surface area contributed by atoms with E-state index in [4.69, 9.17) is 11.6 Å². The number of nitrogens with zero attached hydrogens (tertiary/aromatic N) is 6. The number of aryl methyl sites for hydroxylation is 3. The molecule has 0 spiro atoms. The number of piperazine rings is 1. The van der Waals surface area contributed by atoms with E-state index >= 15 is 0 Å². The lowest BCUT2D eigenvalue weighted by Crippen LogP contribution is -2.50. The Morgan fingerprint density at radius 2 is 1.82 bits per heavy atom. The van der Waals surface area contributed by atoms with Gasteiger partial charge in [0, 0.05) is 51.0 Å². The van der Waals surface area contributed by atoms with E-state index in [1.165, 1.54) is 5.56 Å². The monoisotopic (exact) mass is 406 g/mol. The van der Waals surface area contributed by atoms with Gasteiger partial charge in [0.1, 0.15) is 0 Å². The maximum Gasteiger partial charge on any atom is 0.227 e. The van der Waals surface area contributed by atoms with Crippen molar-refractivity contribution in [1.29, 1.82) is 0 Å². The van der Waals surface area contributed by atoms with Gasteiger partial charge < -0.3 is 4.90 Å². The van der Waals surface area contributed by atoms with Crippen LogP contribution >= 0.6 is 11.6 Å². The van der Waals surface area contributed by atoms with Crippen LogP contribution in [0.5, 0.6) is 0 Å². The van der Waals surface area contributed by atoms with E-state index in [2.05, 4.69) is 35.1 Å². The Labute approximate surface area is 172 Å². The third-order valence-corrected chi connectivity index (χ3v) is 6.16. The summed E-state index contributed by atoms with van der Waals surface area (Å²) in [5.41, 5.74) is 4.11. The highest BCUT2D eigenvalue weighted by Gasteiger charge is 2.26. The van der Waals surface area contributed by atoms with Gasteiger partial charge in [-0.05, 0) is 27.7 Å². The van der Waals surface area contributed by atoms with E-state index in [0.717, 1.165) is 56.4 Å². The Balaban J connectivity index is 1.52. The third-order valence-electron chi connectivity index (χ3n) is 5.61. The lowest BCUT2D eigenvalue weighted by Gasteiger charge is -2.36. The van der Waals surface area contributed by atoms with Gasteiger partial charge in [0.2, 0.25) is 5.91 Å². The van der Waals surface area contributed by atoms with Gasteiger partial charge in [-0.2, -0.15) is 10.2 Å². The normalized spacial score (nSPS) is 16.6. The number of hydrogen-bond donors (Lipinski definition) is 0. The quantitative estimate of drug-likeness (QED) is 0.740. The Bertz CT molecular complexity index is 834. The molecule has 0 saturated carbocycles. The molecule has 28 heavy (non-hydrogen) atoms. The highest BCUT2D eigenvalue weighted by atomic mass is 35.5. The fourth-order valence-electron chi connectivity index (χ4n) is 3.75. The SMILES string of the molecule is CCn1cc(CN2CCN(C(=O)[C@H](C)Cn3nc(C)c(Cl)c3C)CC2)c(C)n1. The summed E-state index contributed by atoms with van der Waals surface area (Å²) in [5.74, 6) is 0.0731. The molecule has 3 heterocycles.